The topological polar surface area (TPSA) is 145 Å². The summed E-state index contributed by atoms with van der Waals surface area (Å²) < 4.78 is 2.06. The number of hydrogen-bond donors (Lipinski definition) is 4. The van der Waals surface area contributed by atoms with Crippen LogP contribution in [0.2, 0.25) is 0 Å². The van der Waals surface area contributed by atoms with Gasteiger partial charge in [-0.2, -0.15) is 0 Å². The van der Waals surface area contributed by atoms with Gasteiger partial charge in [0.05, 0.1) is 28.7 Å². The maximum absolute atomic E-state index is 10.4. The van der Waals surface area contributed by atoms with Crippen molar-refractivity contribution >= 4 is 56.1 Å². The standard InChI is InChI=1S/C18H25N5O.C9H9N3/c1-5-10-22(4)17-21-14-15(23(17)11-18(2,3)24)12-8-6-7-9-13(12)20-16(14)19;10-7-5-9(11)12-8-4-2-1-3-6(7)8/h6-9,24H,5,10-11H2,1-4H3,(H2,19,20);1-5H,(H4,10,11,12). The van der Waals surface area contributed by atoms with Crippen LogP contribution in [-0.2, 0) is 6.54 Å². The number of para-hydroxylation sites is 2. The summed E-state index contributed by atoms with van der Waals surface area (Å²) in [7, 11) is 2.01. The van der Waals surface area contributed by atoms with Crippen LogP contribution in [0.15, 0.2) is 54.6 Å². The zero-order chi connectivity index (χ0) is 26.0. The summed E-state index contributed by atoms with van der Waals surface area (Å²) in [6.45, 7) is 7.04. The molecule has 0 saturated carbocycles. The summed E-state index contributed by atoms with van der Waals surface area (Å²) in [5.74, 6) is 1.69. The lowest BCUT2D eigenvalue weighted by Crippen LogP contribution is -2.29. The number of nitrogens with zero attached hydrogens (tertiary/aromatic N) is 5. The first-order valence-corrected chi connectivity index (χ1v) is 12.0. The number of nitrogen functional groups attached to an aromatic ring is 3. The highest BCUT2D eigenvalue weighted by Crippen LogP contribution is 2.32. The number of aromatic nitrogens is 4. The summed E-state index contributed by atoms with van der Waals surface area (Å²) in [6, 6.07) is 17.2. The smallest absolute Gasteiger partial charge is 0.206 e. The van der Waals surface area contributed by atoms with Gasteiger partial charge in [-0.3, -0.25) is 0 Å². The van der Waals surface area contributed by atoms with Crippen molar-refractivity contribution in [2.24, 2.45) is 0 Å². The van der Waals surface area contributed by atoms with Crippen LogP contribution in [0.5, 0.6) is 0 Å². The molecule has 0 saturated heterocycles. The van der Waals surface area contributed by atoms with E-state index in [0.717, 1.165) is 46.2 Å². The van der Waals surface area contributed by atoms with Crippen molar-refractivity contribution in [3.05, 3.63) is 54.6 Å². The summed E-state index contributed by atoms with van der Waals surface area (Å²) in [6.07, 6.45) is 1.01. The van der Waals surface area contributed by atoms with Crippen LogP contribution in [0.4, 0.5) is 23.3 Å². The molecule has 3 heterocycles. The number of imidazole rings is 1. The van der Waals surface area contributed by atoms with Gasteiger partial charge < -0.3 is 31.8 Å². The fraction of sp³-hybridized carbons (Fsp3) is 0.296. The molecule has 2 aromatic carbocycles. The summed E-state index contributed by atoms with van der Waals surface area (Å²) in [5.41, 5.74) is 20.6. The molecule has 0 atom stereocenters. The lowest BCUT2D eigenvalue weighted by Gasteiger charge is -2.24. The fourth-order valence-electron chi connectivity index (χ4n) is 4.33. The summed E-state index contributed by atoms with van der Waals surface area (Å²) >= 11 is 0. The van der Waals surface area contributed by atoms with Crippen LogP contribution < -0.4 is 22.1 Å². The van der Waals surface area contributed by atoms with Gasteiger partial charge in [0.1, 0.15) is 11.3 Å². The third-order valence-corrected chi connectivity index (χ3v) is 5.80. The molecule has 7 N–H and O–H groups in total. The molecule has 0 aliphatic heterocycles. The first kappa shape index (κ1) is 25.0. The van der Waals surface area contributed by atoms with E-state index in [9.17, 15) is 5.11 Å². The molecular weight excluding hydrogens is 452 g/mol. The van der Waals surface area contributed by atoms with E-state index in [1.807, 2.05) is 55.6 Å². The Morgan fingerprint density at radius 2 is 1.53 bits per heavy atom. The van der Waals surface area contributed by atoms with Crippen molar-refractivity contribution in [2.45, 2.75) is 39.3 Å². The number of anilines is 4. The lowest BCUT2D eigenvalue weighted by molar-refractivity contribution is 0.0631. The van der Waals surface area contributed by atoms with Gasteiger partial charge in [0.15, 0.2) is 5.82 Å². The SMILES string of the molecule is CCCN(C)c1nc2c(N)nc3ccccc3c2n1CC(C)(C)O.Nc1cc(N)c2ccccc2n1. The molecule has 0 spiro atoms. The number of aliphatic hydroxyl groups is 1. The van der Waals surface area contributed by atoms with E-state index in [2.05, 4.69) is 26.4 Å². The lowest BCUT2D eigenvalue weighted by atomic mass is 10.1. The first-order valence-electron chi connectivity index (χ1n) is 12.0. The van der Waals surface area contributed by atoms with Crippen molar-refractivity contribution in [1.82, 2.24) is 19.5 Å². The number of pyridine rings is 2. The molecule has 36 heavy (non-hydrogen) atoms. The van der Waals surface area contributed by atoms with Gasteiger partial charge in [0, 0.05) is 36.1 Å². The molecule has 3 aromatic heterocycles. The van der Waals surface area contributed by atoms with Gasteiger partial charge in [-0.25, -0.2) is 15.0 Å². The van der Waals surface area contributed by atoms with E-state index in [1.54, 1.807) is 19.9 Å². The molecule has 9 nitrogen and oxygen atoms in total. The van der Waals surface area contributed by atoms with Crippen molar-refractivity contribution in [1.29, 1.82) is 0 Å². The van der Waals surface area contributed by atoms with Crippen LogP contribution in [0, 0.1) is 0 Å². The highest BCUT2D eigenvalue weighted by Gasteiger charge is 2.23. The molecule has 9 heteroatoms. The Morgan fingerprint density at radius 3 is 2.17 bits per heavy atom. The summed E-state index contributed by atoms with van der Waals surface area (Å²) in [5, 5.41) is 12.4. The minimum Gasteiger partial charge on any atom is -0.398 e. The van der Waals surface area contributed by atoms with E-state index < -0.39 is 5.60 Å². The van der Waals surface area contributed by atoms with Gasteiger partial charge in [-0.1, -0.05) is 43.3 Å². The molecular formula is C27H34N8O. The highest BCUT2D eigenvalue weighted by atomic mass is 16.3. The Bertz CT molecular complexity index is 1520. The van der Waals surface area contributed by atoms with Crippen LogP contribution in [-0.4, -0.2) is 43.8 Å². The molecule has 0 bridgehead atoms. The average Bonchev–Trinajstić information content (AvgIpc) is 3.18. The summed E-state index contributed by atoms with van der Waals surface area (Å²) in [4.78, 5) is 15.5. The molecule has 0 amide bonds. The van der Waals surface area contributed by atoms with Crippen molar-refractivity contribution in [3.63, 3.8) is 0 Å². The Balaban J connectivity index is 0.000000211. The molecule has 188 valence electrons. The van der Waals surface area contributed by atoms with Crippen molar-refractivity contribution in [2.75, 3.05) is 35.7 Å². The molecule has 0 fully saturated rings. The second kappa shape index (κ2) is 9.87. The van der Waals surface area contributed by atoms with Crippen LogP contribution in [0.3, 0.4) is 0 Å². The van der Waals surface area contributed by atoms with Gasteiger partial charge in [0.25, 0.3) is 0 Å². The predicted molar refractivity (Wildman–Crippen MR) is 150 cm³/mol. The number of fused-ring (bicyclic) bond motifs is 4. The Hall–Kier alpha value is -4.11. The molecule has 5 aromatic rings. The average molecular weight is 487 g/mol. The molecule has 0 aliphatic rings. The van der Waals surface area contributed by atoms with E-state index in [-0.39, 0.29) is 0 Å². The predicted octanol–water partition coefficient (Wildman–Crippen LogP) is 4.18. The van der Waals surface area contributed by atoms with E-state index in [4.69, 9.17) is 22.2 Å². The van der Waals surface area contributed by atoms with E-state index >= 15 is 0 Å². The fourth-order valence-corrected chi connectivity index (χ4v) is 4.33. The van der Waals surface area contributed by atoms with Gasteiger partial charge in [-0.15, -0.1) is 0 Å². The molecule has 0 radical (unpaired) electrons. The molecule has 5 rings (SSSR count). The zero-order valence-corrected chi connectivity index (χ0v) is 21.2. The third kappa shape index (κ3) is 5.11. The van der Waals surface area contributed by atoms with Crippen LogP contribution in [0.1, 0.15) is 27.2 Å². The van der Waals surface area contributed by atoms with Gasteiger partial charge in [0.2, 0.25) is 5.95 Å². The maximum Gasteiger partial charge on any atom is 0.206 e. The van der Waals surface area contributed by atoms with Crippen molar-refractivity contribution in [3.8, 4) is 0 Å². The number of nitrogens with two attached hydrogens (primary N) is 3. The quantitative estimate of drug-likeness (QED) is 0.289. The second-order valence-corrected chi connectivity index (χ2v) is 9.60. The van der Waals surface area contributed by atoms with E-state index in [1.165, 1.54) is 0 Å². The van der Waals surface area contributed by atoms with Gasteiger partial charge >= 0.3 is 0 Å². The molecule has 0 aliphatic carbocycles. The van der Waals surface area contributed by atoms with Crippen molar-refractivity contribution < 1.29 is 5.11 Å². The Morgan fingerprint density at radius 1 is 0.917 bits per heavy atom. The number of rotatable bonds is 5. The number of hydrogen-bond acceptors (Lipinski definition) is 8. The number of benzene rings is 2. The minimum atomic E-state index is -0.866. The Labute approximate surface area is 210 Å². The largest absolute Gasteiger partial charge is 0.398 e. The highest BCUT2D eigenvalue weighted by molar-refractivity contribution is 6.07. The molecule has 0 unspecified atom stereocenters. The monoisotopic (exact) mass is 486 g/mol. The zero-order valence-electron chi connectivity index (χ0n) is 21.2. The van der Waals surface area contributed by atoms with Gasteiger partial charge in [-0.05, 0) is 32.4 Å². The normalized spacial score (nSPS) is 11.6. The third-order valence-electron chi connectivity index (χ3n) is 5.80. The second-order valence-electron chi connectivity index (χ2n) is 9.60. The van der Waals surface area contributed by atoms with Crippen LogP contribution >= 0.6 is 0 Å². The van der Waals surface area contributed by atoms with Crippen LogP contribution in [0.25, 0.3) is 32.8 Å². The maximum atomic E-state index is 10.4. The minimum absolute atomic E-state index is 0.421. The van der Waals surface area contributed by atoms with E-state index in [0.29, 0.717) is 29.4 Å². The Kier molecular flexibility index (Phi) is 6.85. The first-order chi connectivity index (χ1) is 17.1.